The number of hydrogen-bond acceptors (Lipinski definition) is 2. The zero-order valence-corrected chi connectivity index (χ0v) is 7.49. The number of nitrogens with one attached hydrogen (secondary N) is 1. The minimum atomic E-state index is 0.126. The van der Waals surface area contributed by atoms with E-state index in [2.05, 4.69) is 4.98 Å². The fourth-order valence-electron chi connectivity index (χ4n) is 0.829. The number of H-pyrrole nitrogens is 1. The molecule has 0 unspecified atom stereocenters. The van der Waals surface area contributed by atoms with Gasteiger partial charge in [-0.1, -0.05) is 18.7 Å². The Bertz CT molecular complexity index is 254. The quantitative estimate of drug-likeness (QED) is 0.736. The first-order valence-electron chi connectivity index (χ1n) is 3.56. The van der Waals surface area contributed by atoms with Crippen molar-refractivity contribution < 1.29 is 4.79 Å². The molecule has 0 saturated carbocycles. The van der Waals surface area contributed by atoms with Crippen LogP contribution in [0.4, 0.5) is 0 Å². The van der Waals surface area contributed by atoms with E-state index in [1.165, 1.54) is 11.8 Å². The molecule has 0 bridgehead atoms. The lowest BCUT2D eigenvalue weighted by Crippen LogP contribution is -1.92. The molecule has 0 spiro atoms. The van der Waals surface area contributed by atoms with Crippen LogP contribution in [-0.2, 0) is 0 Å². The number of hydrogen-bond donors (Lipinski definition) is 1. The molecule has 1 N–H and O–H groups in total. The van der Waals surface area contributed by atoms with Gasteiger partial charge in [0, 0.05) is 6.20 Å². The predicted molar refractivity (Wildman–Crippen MR) is 48.0 cm³/mol. The summed E-state index contributed by atoms with van der Waals surface area (Å²) in [5, 5.41) is 0.126. The summed E-state index contributed by atoms with van der Waals surface area (Å²) < 4.78 is 0. The van der Waals surface area contributed by atoms with Crippen molar-refractivity contribution in [1.29, 1.82) is 0 Å². The Morgan fingerprint density at radius 3 is 2.91 bits per heavy atom. The van der Waals surface area contributed by atoms with Crippen LogP contribution < -0.4 is 0 Å². The van der Waals surface area contributed by atoms with Crippen LogP contribution in [0.25, 0.3) is 0 Å². The first-order valence-corrected chi connectivity index (χ1v) is 4.54. The Morgan fingerprint density at radius 1 is 1.73 bits per heavy atom. The van der Waals surface area contributed by atoms with Crippen LogP contribution in [0.15, 0.2) is 12.3 Å². The van der Waals surface area contributed by atoms with Gasteiger partial charge in [-0.15, -0.1) is 0 Å². The average molecular weight is 169 g/mol. The summed E-state index contributed by atoms with van der Waals surface area (Å²) in [6.45, 7) is 3.93. The first-order chi connectivity index (χ1) is 5.24. The van der Waals surface area contributed by atoms with Gasteiger partial charge in [-0.05, 0) is 24.3 Å². The van der Waals surface area contributed by atoms with Crippen LogP contribution in [0.1, 0.15) is 23.0 Å². The van der Waals surface area contributed by atoms with Gasteiger partial charge < -0.3 is 4.98 Å². The average Bonchev–Trinajstić information content (AvgIpc) is 2.36. The van der Waals surface area contributed by atoms with Gasteiger partial charge in [-0.2, -0.15) is 0 Å². The van der Waals surface area contributed by atoms with Crippen molar-refractivity contribution in [2.45, 2.75) is 13.8 Å². The standard InChI is InChI=1S/C8H11NOS/c1-3-11-8(10)7-4-6(2)5-9-7/h4-5,9H,3H2,1-2H3. The molecule has 3 heteroatoms. The second-order valence-electron chi connectivity index (χ2n) is 2.31. The van der Waals surface area contributed by atoms with Crippen LogP contribution in [0.5, 0.6) is 0 Å². The molecule has 60 valence electrons. The highest BCUT2D eigenvalue weighted by atomic mass is 32.2. The second kappa shape index (κ2) is 3.62. The summed E-state index contributed by atoms with van der Waals surface area (Å²) in [6.07, 6.45) is 1.84. The van der Waals surface area contributed by atoms with Crippen molar-refractivity contribution in [2.24, 2.45) is 0 Å². The Morgan fingerprint density at radius 2 is 2.45 bits per heavy atom. The van der Waals surface area contributed by atoms with Crippen molar-refractivity contribution >= 4 is 16.9 Å². The van der Waals surface area contributed by atoms with E-state index in [9.17, 15) is 4.79 Å². The third kappa shape index (κ3) is 2.12. The molecule has 0 amide bonds. The fraction of sp³-hybridized carbons (Fsp3) is 0.375. The molecule has 1 aromatic heterocycles. The van der Waals surface area contributed by atoms with E-state index in [0.29, 0.717) is 5.69 Å². The lowest BCUT2D eigenvalue weighted by atomic mass is 10.3. The smallest absolute Gasteiger partial charge is 0.235 e. The molecule has 1 aromatic rings. The lowest BCUT2D eigenvalue weighted by molar-refractivity contribution is 0.108. The molecule has 0 aliphatic heterocycles. The van der Waals surface area contributed by atoms with E-state index < -0.39 is 0 Å². The summed E-state index contributed by atoms with van der Waals surface area (Å²) in [5.74, 6) is 0.830. The van der Waals surface area contributed by atoms with Crippen molar-refractivity contribution in [3.63, 3.8) is 0 Å². The van der Waals surface area contributed by atoms with E-state index >= 15 is 0 Å². The van der Waals surface area contributed by atoms with Crippen LogP contribution in [0, 0.1) is 6.92 Å². The maximum atomic E-state index is 11.2. The maximum Gasteiger partial charge on any atom is 0.235 e. The summed E-state index contributed by atoms with van der Waals surface area (Å²) in [6, 6.07) is 1.87. The summed E-state index contributed by atoms with van der Waals surface area (Å²) >= 11 is 1.33. The largest absolute Gasteiger partial charge is 0.358 e. The van der Waals surface area contributed by atoms with Gasteiger partial charge >= 0.3 is 0 Å². The van der Waals surface area contributed by atoms with Gasteiger partial charge in [0.1, 0.15) is 0 Å². The van der Waals surface area contributed by atoms with Crippen molar-refractivity contribution in [1.82, 2.24) is 4.98 Å². The molecule has 0 atom stereocenters. The minimum Gasteiger partial charge on any atom is -0.358 e. The van der Waals surface area contributed by atoms with Crippen molar-refractivity contribution in [2.75, 3.05) is 5.75 Å². The Kier molecular flexibility index (Phi) is 2.76. The zero-order valence-electron chi connectivity index (χ0n) is 6.68. The highest BCUT2D eigenvalue weighted by Crippen LogP contribution is 2.11. The molecule has 0 fully saturated rings. The number of aryl methyl sites for hydroxylation is 1. The van der Waals surface area contributed by atoms with Crippen LogP contribution in [0.2, 0.25) is 0 Å². The maximum absolute atomic E-state index is 11.2. The van der Waals surface area contributed by atoms with Crippen molar-refractivity contribution in [3.8, 4) is 0 Å². The third-order valence-corrected chi connectivity index (χ3v) is 2.09. The van der Waals surface area contributed by atoms with E-state index in [1.807, 2.05) is 26.1 Å². The molecule has 0 saturated heterocycles. The van der Waals surface area contributed by atoms with Gasteiger partial charge in [-0.3, -0.25) is 4.79 Å². The van der Waals surface area contributed by atoms with E-state index in [0.717, 1.165) is 11.3 Å². The van der Waals surface area contributed by atoms with Crippen LogP contribution in [-0.4, -0.2) is 15.9 Å². The number of carbonyl (C=O) groups excluding carboxylic acids is 1. The molecular weight excluding hydrogens is 158 g/mol. The number of thioether (sulfide) groups is 1. The fourth-order valence-corrected chi connectivity index (χ4v) is 1.36. The lowest BCUT2D eigenvalue weighted by Gasteiger charge is -1.91. The van der Waals surface area contributed by atoms with E-state index in [-0.39, 0.29) is 5.12 Å². The molecule has 0 aliphatic carbocycles. The van der Waals surface area contributed by atoms with Gasteiger partial charge in [0.2, 0.25) is 5.12 Å². The highest BCUT2D eigenvalue weighted by molar-refractivity contribution is 8.14. The van der Waals surface area contributed by atoms with Gasteiger partial charge in [0.15, 0.2) is 0 Å². The molecule has 11 heavy (non-hydrogen) atoms. The molecular formula is C8H11NOS. The molecule has 0 aliphatic rings. The van der Waals surface area contributed by atoms with Gasteiger partial charge in [0.05, 0.1) is 5.69 Å². The molecule has 1 heterocycles. The Hall–Kier alpha value is -0.700. The Balaban J connectivity index is 2.69. The molecule has 2 nitrogen and oxygen atoms in total. The first kappa shape index (κ1) is 8.40. The van der Waals surface area contributed by atoms with Crippen molar-refractivity contribution in [3.05, 3.63) is 23.5 Å². The number of aromatic amines is 1. The summed E-state index contributed by atoms with van der Waals surface area (Å²) in [5.41, 5.74) is 1.81. The second-order valence-corrected chi connectivity index (χ2v) is 3.55. The summed E-state index contributed by atoms with van der Waals surface area (Å²) in [7, 11) is 0. The molecule has 0 radical (unpaired) electrons. The van der Waals surface area contributed by atoms with E-state index in [1.54, 1.807) is 0 Å². The highest BCUT2D eigenvalue weighted by Gasteiger charge is 2.05. The number of carbonyl (C=O) groups is 1. The zero-order chi connectivity index (χ0) is 8.27. The van der Waals surface area contributed by atoms with Crippen LogP contribution >= 0.6 is 11.8 Å². The van der Waals surface area contributed by atoms with Gasteiger partial charge in [0.25, 0.3) is 0 Å². The SMILES string of the molecule is CCSC(=O)c1cc(C)c[nH]1. The topological polar surface area (TPSA) is 32.9 Å². The normalized spacial score (nSPS) is 10.0. The molecule has 0 aromatic carbocycles. The number of aromatic nitrogens is 1. The monoisotopic (exact) mass is 169 g/mol. The van der Waals surface area contributed by atoms with Crippen LogP contribution in [0.3, 0.4) is 0 Å². The minimum absolute atomic E-state index is 0.126. The summed E-state index contributed by atoms with van der Waals surface area (Å²) in [4.78, 5) is 14.1. The van der Waals surface area contributed by atoms with E-state index in [4.69, 9.17) is 0 Å². The number of rotatable bonds is 2. The predicted octanol–water partition coefficient (Wildman–Crippen LogP) is 2.22. The Labute approximate surface area is 70.4 Å². The molecule has 1 rings (SSSR count). The third-order valence-electron chi connectivity index (χ3n) is 1.32. The van der Waals surface area contributed by atoms with Gasteiger partial charge in [-0.25, -0.2) is 0 Å².